The molecule has 0 N–H and O–H groups in total. The van der Waals surface area contributed by atoms with Crippen LogP contribution in [0.15, 0.2) is 12.1 Å². The Balaban J connectivity index is 2.44. The number of benzene rings is 1. The van der Waals surface area contributed by atoms with Crippen LogP contribution in [0.3, 0.4) is 0 Å². The van der Waals surface area contributed by atoms with Gasteiger partial charge in [-0.25, -0.2) is 13.8 Å². The van der Waals surface area contributed by atoms with E-state index >= 15 is 0 Å². The van der Waals surface area contributed by atoms with Gasteiger partial charge in [0.25, 0.3) is 0 Å². The quantitative estimate of drug-likeness (QED) is 0.814. The van der Waals surface area contributed by atoms with Gasteiger partial charge in [-0.3, -0.25) is 4.79 Å². The summed E-state index contributed by atoms with van der Waals surface area (Å²) < 4.78 is 28.7. The highest BCUT2D eigenvalue weighted by Gasteiger charge is 2.17. The van der Waals surface area contributed by atoms with Crippen molar-refractivity contribution in [1.82, 2.24) is 14.5 Å². The van der Waals surface area contributed by atoms with Gasteiger partial charge in [0.2, 0.25) is 5.91 Å². The average Bonchev–Trinajstić information content (AvgIpc) is 2.78. The third kappa shape index (κ3) is 2.60. The van der Waals surface area contributed by atoms with E-state index in [2.05, 4.69) is 4.98 Å². The Morgan fingerprint density at radius 2 is 2.10 bits per heavy atom. The minimum atomic E-state index is -0.969. The first-order valence-corrected chi connectivity index (χ1v) is 6.58. The second-order valence-electron chi connectivity index (χ2n) is 4.58. The van der Waals surface area contributed by atoms with Gasteiger partial charge in [0.05, 0.1) is 11.4 Å². The van der Waals surface area contributed by atoms with Gasteiger partial charge in [-0.15, -0.1) is 11.6 Å². The Bertz CT molecular complexity index is 655. The van der Waals surface area contributed by atoms with Crippen molar-refractivity contribution in [1.29, 1.82) is 0 Å². The second kappa shape index (κ2) is 5.75. The normalized spacial score (nSPS) is 11.1. The fourth-order valence-electron chi connectivity index (χ4n) is 1.98. The zero-order chi connectivity index (χ0) is 14.9. The zero-order valence-corrected chi connectivity index (χ0v) is 11.9. The molecule has 0 unspecified atom stereocenters. The summed E-state index contributed by atoms with van der Waals surface area (Å²) in [5, 5.41) is 0. The van der Waals surface area contributed by atoms with E-state index in [0.29, 0.717) is 11.3 Å². The van der Waals surface area contributed by atoms with Gasteiger partial charge >= 0.3 is 0 Å². The molecule has 1 amide bonds. The predicted octanol–water partition coefficient (Wildman–Crippen LogP) is 2.53. The summed E-state index contributed by atoms with van der Waals surface area (Å²) in [5.74, 6) is -1.55. The molecule has 2 aromatic rings. The molecule has 0 saturated carbocycles. The van der Waals surface area contributed by atoms with E-state index in [1.165, 1.54) is 15.5 Å². The highest BCUT2D eigenvalue weighted by molar-refractivity contribution is 6.16. The lowest BCUT2D eigenvalue weighted by Crippen LogP contribution is -2.23. The largest absolute Gasteiger partial charge is 0.349 e. The number of amides is 1. The Kier molecular flexibility index (Phi) is 4.23. The monoisotopic (exact) mass is 301 g/mol. The van der Waals surface area contributed by atoms with Crippen molar-refractivity contribution in [3.05, 3.63) is 29.6 Å². The summed E-state index contributed by atoms with van der Waals surface area (Å²) >= 11 is 5.78. The number of fused-ring (bicyclic) bond motifs is 1. The molecule has 7 heteroatoms. The van der Waals surface area contributed by atoms with Gasteiger partial charge in [0.15, 0.2) is 11.6 Å². The second-order valence-corrected chi connectivity index (χ2v) is 4.85. The number of carbonyl (C=O) groups is 1. The van der Waals surface area contributed by atoms with Crippen LogP contribution < -0.4 is 0 Å². The van der Waals surface area contributed by atoms with Crippen molar-refractivity contribution in [2.75, 3.05) is 14.1 Å². The van der Waals surface area contributed by atoms with Crippen molar-refractivity contribution in [3.8, 4) is 0 Å². The maximum atomic E-state index is 13.9. The molecule has 4 nitrogen and oxygen atoms in total. The molecule has 1 aromatic carbocycles. The lowest BCUT2D eigenvalue weighted by molar-refractivity contribution is -0.128. The van der Waals surface area contributed by atoms with Crippen molar-refractivity contribution in [2.24, 2.45) is 0 Å². The Morgan fingerprint density at radius 3 is 2.70 bits per heavy atom. The van der Waals surface area contributed by atoms with Crippen molar-refractivity contribution >= 4 is 28.5 Å². The third-order valence-corrected chi connectivity index (χ3v) is 3.29. The van der Waals surface area contributed by atoms with E-state index in [9.17, 15) is 13.6 Å². The Hall–Kier alpha value is -1.69. The summed E-state index contributed by atoms with van der Waals surface area (Å²) in [4.78, 5) is 17.2. The van der Waals surface area contributed by atoms with Crippen LogP contribution in [0.4, 0.5) is 8.78 Å². The van der Waals surface area contributed by atoms with Gasteiger partial charge < -0.3 is 9.47 Å². The number of imidazole rings is 1. The average molecular weight is 302 g/mol. The fraction of sp³-hybridized carbons (Fsp3) is 0.385. The molecule has 2 rings (SSSR count). The van der Waals surface area contributed by atoms with Crippen LogP contribution in [0.5, 0.6) is 0 Å². The number of alkyl halides is 1. The van der Waals surface area contributed by atoms with Gasteiger partial charge in [0, 0.05) is 27.1 Å². The van der Waals surface area contributed by atoms with E-state index in [-0.39, 0.29) is 30.3 Å². The Morgan fingerprint density at radius 1 is 1.40 bits per heavy atom. The van der Waals surface area contributed by atoms with Gasteiger partial charge in [-0.2, -0.15) is 0 Å². The summed E-state index contributed by atoms with van der Waals surface area (Å²) in [6, 6.07) is 2.42. The van der Waals surface area contributed by atoms with E-state index in [0.717, 1.165) is 6.07 Å². The van der Waals surface area contributed by atoms with Crippen LogP contribution >= 0.6 is 11.6 Å². The maximum Gasteiger partial charge on any atom is 0.223 e. The molecule has 0 atom stereocenters. The molecule has 0 fully saturated rings. The van der Waals surface area contributed by atoms with Gasteiger partial charge in [0.1, 0.15) is 11.3 Å². The molecule has 0 bridgehead atoms. The molecule has 0 spiro atoms. The van der Waals surface area contributed by atoms with Crippen LogP contribution in [0.2, 0.25) is 0 Å². The number of aromatic nitrogens is 2. The smallest absolute Gasteiger partial charge is 0.223 e. The van der Waals surface area contributed by atoms with E-state index in [1.54, 1.807) is 14.1 Å². The van der Waals surface area contributed by atoms with Crippen molar-refractivity contribution in [3.63, 3.8) is 0 Å². The highest BCUT2D eigenvalue weighted by atomic mass is 35.5. The fourth-order valence-corrected chi connectivity index (χ4v) is 2.18. The molecule has 108 valence electrons. The molecule has 0 radical (unpaired) electrons. The van der Waals surface area contributed by atoms with E-state index in [1.807, 2.05) is 0 Å². The van der Waals surface area contributed by atoms with E-state index in [4.69, 9.17) is 11.6 Å². The van der Waals surface area contributed by atoms with Crippen LogP contribution in [-0.4, -0.2) is 34.5 Å². The maximum absolute atomic E-state index is 13.9. The van der Waals surface area contributed by atoms with Gasteiger partial charge in [-0.1, -0.05) is 0 Å². The predicted molar refractivity (Wildman–Crippen MR) is 72.5 cm³/mol. The zero-order valence-electron chi connectivity index (χ0n) is 11.2. The summed E-state index contributed by atoms with van der Waals surface area (Å²) in [6.45, 7) is 0.204. The van der Waals surface area contributed by atoms with Gasteiger partial charge in [-0.05, 0) is 12.1 Å². The lowest BCUT2D eigenvalue weighted by atomic mass is 10.3. The van der Waals surface area contributed by atoms with E-state index < -0.39 is 11.6 Å². The molecule has 20 heavy (non-hydrogen) atoms. The number of rotatable bonds is 4. The van der Waals surface area contributed by atoms with Crippen LogP contribution in [0.25, 0.3) is 11.0 Å². The lowest BCUT2D eigenvalue weighted by Gasteiger charge is -2.12. The van der Waals surface area contributed by atoms with Crippen molar-refractivity contribution < 1.29 is 13.6 Å². The number of aryl methyl sites for hydroxylation is 1. The molecule has 0 aliphatic heterocycles. The molecular formula is C13H14ClF2N3O. The van der Waals surface area contributed by atoms with Crippen LogP contribution in [0, 0.1) is 11.6 Å². The minimum Gasteiger partial charge on any atom is -0.349 e. The minimum absolute atomic E-state index is 0.0483. The number of carbonyl (C=O) groups excluding carboxylic acids is 1. The first-order valence-electron chi connectivity index (χ1n) is 6.05. The molecule has 0 saturated heterocycles. The molecule has 1 aromatic heterocycles. The number of hydrogen-bond acceptors (Lipinski definition) is 2. The van der Waals surface area contributed by atoms with Crippen LogP contribution in [-0.2, 0) is 17.2 Å². The van der Waals surface area contributed by atoms with Crippen molar-refractivity contribution in [2.45, 2.75) is 18.8 Å². The Labute approximate surface area is 119 Å². The number of hydrogen-bond donors (Lipinski definition) is 0. The topological polar surface area (TPSA) is 38.1 Å². The highest BCUT2D eigenvalue weighted by Crippen LogP contribution is 2.23. The molecule has 0 aliphatic carbocycles. The van der Waals surface area contributed by atoms with Crippen LogP contribution in [0.1, 0.15) is 12.2 Å². The summed E-state index contributed by atoms with van der Waals surface area (Å²) in [7, 11) is 3.27. The number of halogens is 3. The summed E-state index contributed by atoms with van der Waals surface area (Å²) in [5.41, 5.74) is 0.379. The first kappa shape index (κ1) is 14.7. The molecular weight excluding hydrogens is 288 g/mol. The third-order valence-electron chi connectivity index (χ3n) is 3.05. The molecule has 1 heterocycles. The SMILES string of the molecule is CN(C)C(=O)CCn1c(CCl)nc2ccc(F)c(F)c21. The number of nitrogens with zero attached hydrogens (tertiary/aromatic N) is 3. The summed E-state index contributed by atoms with van der Waals surface area (Å²) in [6.07, 6.45) is 0.165. The first-order chi connectivity index (χ1) is 9.45. The standard InChI is InChI=1S/C13H14ClF2N3O/c1-18(2)11(20)5-6-19-10(7-14)17-9-4-3-8(15)12(16)13(9)19/h3-4H,5-7H2,1-2H3. The molecule has 0 aliphatic rings.